The number of aromatic nitrogens is 5. The summed E-state index contributed by atoms with van der Waals surface area (Å²) in [6.07, 6.45) is 3.14. The number of aryl methyl sites for hydroxylation is 1. The highest BCUT2D eigenvalue weighted by Crippen LogP contribution is 2.33. The van der Waals surface area contributed by atoms with Crippen LogP contribution in [-0.2, 0) is 0 Å². The molecule has 0 bridgehead atoms. The fourth-order valence-electron chi connectivity index (χ4n) is 2.08. The monoisotopic (exact) mass is 330 g/mol. The van der Waals surface area contributed by atoms with Crippen LogP contribution >= 0.6 is 23.1 Å². The Labute approximate surface area is 133 Å². The molecule has 0 unspecified atom stereocenters. The van der Waals surface area contributed by atoms with Crippen LogP contribution in [0.4, 0.5) is 0 Å². The molecule has 22 heavy (non-hydrogen) atoms. The van der Waals surface area contributed by atoms with E-state index in [-0.39, 0.29) is 0 Å². The molecule has 0 spiro atoms. The summed E-state index contributed by atoms with van der Waals surface area (Å²) >= 11 is 2.93. The largest absolute Gasteiger partial charge is 0.469 e. The molecule has 0 fully saturated rings. The zero-order valence-electron chi connectivity index (χ0n) is 11.4. The average molecular weight is 330 g/mol. The van der Waals surface area contributed by atoms with Crippen LogP contribution in [0.1, 0.15) is 5.76 Å². The van der Waals surface area contributed by atoms with E-state index in [9.17, 15) is 0 Å². The van der Waals surface area contributed by atoms with Crippen molar-refractivity contribution in [1.29, 1.82) is 0 Å². The fourth-order valence-corrected chi connectivity index (χ4v) is 3.69. The van der Waals surface area contributed by atoms with Crippen LogP contribution in [0.5, 0.6) is 0 Å². The van der Waals surface area contributed by atoms with E-state index in [0.29, 0.717) is 11.0 Å². The molecule has 4 aromatic heterocycles. The van der Waals surface area contributed by atoms with E-state index >= 15 is 0 Å². The number of nitrogen functional groups attached to an aromatic ring is 1. The van der Waals surface area contributed by atoms with Crippen LogP contribution in [0.2, 0.25) is 0 Å². The average Bonchev–Trinajstić information content (AvgIpc) is 3.21. The Bertz CT molecular complexity index is 956. The van der Waals surface area contributed by atoms with Gasteiger partial charge in [0.1, 0.15) is 21.9 Å². The lowest BCUT2D eigenvalue weighted by Gasteiger charge is -2.03. The minimum Gasteiger partial charge on any atom is -0.469 e. The van der Waals surface area contributed by atoms with Crippen LogP contribution in [0.15, 0.2) is 44.7 Å². The third-order valence-corrected chi connectivity index (χ3v) is 4.98. The summed E-state index contributed by atoms with van der Waals surface area (Å²) < 4.78 is 6.73. The van der Waals surface area contributed by atoms with Gasteiger partial charge >= 0.3 is 0 Å². The van der Waals surface area contributed by atoms with Crippen LogP contribution in [0, 0.1) is 6.92 Å². The number of furan rings is 1. The van der Waals surface area contributed by atoms with Gasteiger partial charge in [-0.2, -0.15) is 0 Å². The number of hydrogen-bond acceptors (Lipinski definition) is 8. The molecular weight excluding hydrogens is 320 g/mol. The van der Waals surface area contributed by atoms with Gasteiger partial charge < -0.3 is 10.3 Å². The van der Waals surface area contributed by atoms with Crippen molar-refractivity contribution in [2.45, 2.75) is 17.1 Å². The maximum absolute atomic E-state index is 6.12. The Morgan fingerprint density at radius 1 is 1.27 bits per heavy atom. The van der Waals surface area contributed by atoms with E-state index in [0.717, 1.165) is 26.6 Å². The van der Waals surface area contributed by atoms with Gasteiger partial charge in [-0.15, -0.1) is 21.5 Å². The lowest BCUT2D eigenvalue weighted by atomic mass is 10.2. The summed E-state index contributed by atoms with van der Waals surface area (Å²) in [5, 5.41) is 12.6. The molecule has 7 nitrogen and oxygen atoms in total. The maximum atomic E-state index is 6.12. The topological polar surface area (TPSA) is 95.6 Å². The first-order valence-corrected chi connectivity index (χ1v) is 8.04. The second-order valence-corrected chi connectivity index (χ2v) is 6.34. The number of nitrogens with two attached hydrogens (primary N) is 1. The minimum atomic E-state index is 0.557. The first kappa shape index (κ1) is 13.3. The van der Waals surface area contributed by atoms with E-state index in [1.807, 2.05) is 24.4 Å². The highest BCUT2D eigenvalue weighted by Gasteiger charge is 2.17. The molecule has 4 heterocycles. The Morgan fingerprint density at radius 2 is 2.18 bits per heavy atom. The summed E-state index contributed by atoms with van der Waals surface area (Å²) in [5.74, 6) is 7.43. The molecular formula is C13H10N6OS2. The Kier molecular flexibility index (Phi) is 3.09. The van der Waals surface area contributed by atoms with Gasteiger partial charge in [-0.05, 0) is 36.2 Å². The van der Waals surface area contributed by atoms with Crippen LogP contribution in [0.3, 0.4) is 0 Å². The predicted molar refractivity (Wildman–Crippen MR) is 84.1 cm³/mol. The number of nitrogens with zero attached hydrogens (tertiary/aromatic N) is 5. The van der Waals surface area contributed by atoms with Crippen molar-refractivity contribution in [2.75, 3.05) is 5.84 Å². The van der Waals surface area contributed by atoms with E-state index in [1.165, 1.54) is 16.4 Å². The Hall–Kier alpha value is -2.39. The number of rotatable bonds is 3. The van der Waals surface area contributed by atoms with Crippen molar-refractivity contribution in [1.82, 2.24) is 24.8 Å². The Balaban J connectivity index is 1.74. The van der Waals surface area contributed by atoms with Gasteiger partial charge in [0.2, 0.25) is 5.16 Å². The SMILES string of the molecule is Cc1occc1-c1nnc(Sc2ncnc3sccc23)n1N. The van der Waals surface area contributed by atoms with Gasteiger partial charge in [0.05, 0.1) is 11.8 Å². The van der Waals surface area contributed by atoms with Crippen molar-refractivity contribution in [2.24, 2.45) is 0 Å². The molecule has 0 aliphatic heterocycles. The van der Waals surface area contributed by atoms with Crippen LogP contribution in [0.25, 0.3) is 21.6 Å². The number of thiophene rings is 1. The third kappa shape index (κ3) is 2.06. The number of fused-ring (bicyclic) bond motifs is 1. The predicted octanol–water partition coefficient (Wildman–Crippen LogP) is 2.72. The zero-order chi connectivity index (χ0) is 15.1. The lowest BCUT2D eigenvalue weighted by Crippen LogP contribution is -2.11. The van der Waals surface area contributed by atoms with Crippen molar-refractivity contribution < 1.29 is 4.42 Å². The van der Waals surface area contributed by atoms with Gasteiger partial charge in [-0.25, -0.2) is 14.6 Å². The molecule has 0 radical (unpaired) electrons. The molecule has 9 heteroatoms. The number of hydrogen-bond donors (Lipinski definition) is 1. The van der Waals surface area contributed by atoms with E-state index in [4.69, 9.17) is 10.3 Å². The van der Waals surface area contributed by atoms with E-state index in [1.54, 1.807) is 23.9 Å². The normalized spacial score (nSPS) is 11.3. The minimum absolute atomic E-state index is 0.557. The quantitative estimate of drug-likeness (QED) is 0.456. The summed E-state index contributed by atoms with van der Waals surface area (Å²) in [7, 11) is 0. The second kappa shape index (κ2) is 5.11. The summed E-state index contributed by atoms with van der Waals surface area (Å²) in [6.45, 7) is 1.86. The molecule has 4 rings (SSSR count). The first-order valence-electron chi connectivity index (χ1n) is 6.35. The fraction of sp³-hybridized carbons (Fsp3) is 0.0769. The van der Waals surface area contributed by atoms with Crippen molar-refractivity contribution in [3.8, 4) is 11.4 Å². The second-order valence-electron chi connectivity index (χ2n) is 4.49. The molecule has 4 aromatic rings. The molecule has 2 N–H and O–H groups in total. The van der Waals surface area contributed by atoms with Crippen molar-refractivity contribution in [3.63, 3.8) is 0 Å². The summed E-state index contributed by atoms with van der Waals surface area (Å²) in [4.78, 5) is 9.48. The van der Waals surface area contributed by atoms with Crippen molar-refractivity contribution >= 4 is 33.3 Å². The third-order valence-electron chi connectivity index (χ3n) is 3.18. The van der Waals surface area contributed by atoms with Crippen LogP contribution in [-0.4, -0.2) is 24.8 Å². The molecule has 0 aromatic carbocycles. The smallest absolute Gasteiger partial charge is 0.216 e. The molecule has 0 amide bonds. The summed E-state index contributed by atoms with van der Waals surface area (Å²) in [5.41, 5.74) is 0.824. The van der Waals surface area contributed by atoms with Gasteiger partial charge in [-0.1, -0.05) is 0 Å². The van der Waals surface area contributed by atoms with Gasteiger partial charge in [-0.3, -0.25) is 0 Å². The summed E-state index contributed by atoms with van der Waals surface area (Å²) in [6, 6.07) is 3.81. The van der Waals surface area contributed by atoms with E-state index in [2.05, 4.69) is 20.2 Å². The molecule has 0 aliphatic carbocycles. The van der Waals surface area contributed by atoms with Gasteiger partial charge in [0, 0.05) is 5.39 Å². The lowest BCUT2D eigenvalue weighted by molar-refractivity contribution is 0.535. The molecule has 0 atom stereocenters. The zero-order valence-corrected chi connectivity index (χ0v) is 13.1. The first-order chi connectivity index (χ1) is 10.7. The molecule has 0 saturated heterocycles. The van der Waals surface area contributed by atoms with Crippen molar-refractivity contribution in [3.05, 3.63) is 35.9 Å². The standard InChI is InChI=1S/C13H10N6OS2/c1-7-8(2-4-20-7)10-17-18-13(19(10)14)22-12-9-3-5-21-11(9)15-6-16-12/h2-6H,14H2,1H3. The Morgan fingerprint density at radius 3 is 3.00 bits per heavy atom. The van der Waals surface area contributed by atoms with Gasteiger partial charge in [0.15, 0.2) is 5.82 Å². The molecule has 110 valence electrons. The molecule has 0 aliphatic rings. The highest BCUT2D eigenvalue weighted by molar-refractivity contribution is 7.99. The highest BCUT2D eigenvalue weighted by atomic mass is 32.2. The molecule has 0 saturated carbocycles. The van der Waals surface area contributed by atoms with Crippen LogP contribution < -0.4 is 5.84 Å². The van der Waals surface area contributed by atoms with E-state index < -0.39 is 0 Å². The maximum Gasteiger partial charge on any atom is 0.216 e. The van der Waals surface area contributed by atoms with Gasteiger partial charge in [0.25, 0.3) is 0 Å².